The summed E-state index contributed by atoms with van der Waals surface area (Å²) < 4.78 is 24.9. The van der Waals surface area contributed by atoms with Crippen molar-refractivity contribution in [3.8, 4) is 0 Å². The smallest absolute Gasteiger partial charge is 0.411 e. The molecule has 6 rings (SSSR count). The molecule has 34 heavy (non-hydrogen) atoms. The molecule has 6 unspecified atom stereocenters. The van der Waals surface area contributed by atoms with Gasteiger partial charge in [-0.1, -0.05) is 90.6 Å². The third-order valence-corrected chi connectivity index (χ3v) is 7.57. The maximum absolute atomic E-state index is 13.1. The highest BCUT2D eigenvalue weighted by Crippen LogP contribution is 2.44. The lowest BCUT2D eigenvalue weighted by molar-refractivity contribution is -0.303. The van der Waals surface area contributed by atoms with Gasteiger partial charge in [-0.3, -0.25) is 4.90 Å². The second kappa shape index (κ2) is 9.43. The third-order valence-electron chi connectivity index (χ3n) is 6.40. The molecule has 1 amide bonds. The molecule has 0 N–H and O–H groups in total. The highest BCUT2D eigenvalue weighted by molar-refractivity contribution is 7.99. The maximum atomic E-state index is 13.1. The fraction of sp³-hybridized carbons (Fsp3) is 0.296. The molecular weight excluding hydrogens is 450 g/mol. The Morgan fingerprint density at radius 2 is 1.50 bits per heavy atom. The summed E-state index contributed by atoms with van der Waals surface area (Å²) in [6, 6.07) is 29.6. The highest BCUT2D eigenvalue weighted by atomic mass is 32.2. The van der Waals surface area contributed by atoms with Crippen LogP contribution in [0, 0.1) is 0 Å². The van der Waals surface area contributed by atoms with Crippen LogP contribution < -0.4 is 0 Å². The van der Waals surface area contributed by atoms with Gasteiger partial charge in [0.15, 0.2) is 12.4 Å². The molecule has 3 aliphatic heterocycles. The van der Waals surface area contributed by atoms with Gasteiger partial charge >= 0.3 is 6.09 Å². The van der Waals surface area contributed by atoms with Crippen molar-refractivity contribution in [1.29, 1.82) is 0 Å². The Kier molecular flexibility index (Phi) is 6.01. The monoisotopic (exact) mass is 475 g/mol. The van der Waals surface area contributed by atoms with Crippen LogP contribution >= 0.6 is 11.8 Å². The minimum Gasteiger partial charge on any atom is -0.441 e. The minimum absolute atomic E-state index is 0.298. The van der Waals surface area contributed by atoms with E-state index in [1.54, 1.807) is 16.7 Å². The van der Waals surface area contributed by atoms with Crippen LogP contribution in [0.4, 0.5) is 4.79 Å². The quantitative estimate of drug-likeness (QED) is 0.517. The Labute approximate surface area is 202 Å². The number of carbonyl (C=O) groups is 1. The van der Waals surface area contributed by atoms with Gasteiger partial charge in [0.2, 0.25) is 0 Å². The fourth-order valence-corrected chi connectivity index (χ4v) is 6.01. The molecule has 3 heterocycles. The van der Waals surface area contributed by atoms with Crippen molar-refractivity contribution in [3.05, 3.63) is 102 Å². The molecule has 0 saturated carbocycles. The maximum Gasteiger partial charge on any atom is 0.411 e. The molecule has 0 radical (unpaired) electrons. The first-order valence-corrected chi connectivity index (χ1v) is 12.3. The van der Waals surface area contributed by atoms with E-state index in [0.717, 1.165) is 16.0 Å². The lowest BCUT2D eigenvalue weighted by Gasteiger charge is -2.47. The van der Waals surface area contributed by atoms with E-state index in [0.29, 0.717) is 13.2 Å². The summed E-state index contributed by atoms with van der Waals surface area (Å²) in [4.78, 5) is 16.0. The molecule has 3 saturated heterocycles. The molecule has 6 atom stereocenters. The molecule has 0 aliphatic carbocycles. The average Bonchev–Trinajstić information content (AvgIpc) is 3.22. The molecule has 7 heteroatoms. The van der Waals surface area contributed by atoms with E-state index in [-0.39, 0.29) is 23.7 Å². The van der Waals surface area contributed by atoms with Gasteiger partial charge in [-0.2, -0.15) is 0 Å². The van der Waals surface area contributed by atoms with Gasteiger partial charge in [0, 0.05) is 17.0 Å². The first kappa shape index (κ1) is 21.7. The van der Waals surface area contributed by atoms with E-state index in [4.69, 9.17) is 18.9 Å². The molecule has 0 bridgehead atoms. The molecule has 3 aromatic rings. The summed E-state index contributed by atoms with van der Waals surface area (Å²) >= 11 is 1.60. The van der Waals surface area contributed by atoms with Crippen molar-refractivity contribution in [2.75, 3.05) is 6.61 Å². The number of fused-ring (bicyclic) bond motifs is 3. The van der Waals surface area contributed by atoms with Gasteiger partial charge < -0.3 is 18.9 Å². The Morgan fingerprint density at radius 1 is 0.824 bits per heavy atom. The summed E-state index contributed by atoms with van der Waals surface area (Å²) in [5.74, 6) is 0. The fourth-order valence-electron chi connectivity index (χ4n) is 4.79. The van der Waals surface area contributed by atoms with Crippen LogP contribution in [0.3, 0.4) is 0 Å². The largest absolute Gasteiger partial charge is 0.441 e. The predicted octanol–water partition coefficient (Wildman–Crippen LogP) is 5.01. The SMILES string of the molecule is O=C1OC2C3OC(c4ccccc4)OCC3OC(Sc3ccccc3)C2N1Cc1ccccc1. The normalized spacial score (nSPS) is 30.4. The third kappa shape index (κ3) is 4.20. The number of ether oxygens (including phenoxy) is 4. The molecule has 174 valence electrons. The van der Waals surface area contributed by atoms with E-state index in [2.05, 4.69) is 0 Å². The molecule has 3 fully saturated rings. The van der Waals surface area contributed by atoms with Crippen LogP contribution in [0.25, 0.3) is 0 Å². The minimum atomic E-state index is -0.521. The summed E-state index contributed by atoms with van der Waals surface area (Å²) in [6.07, 6.45) is -2.06. The van der Waals surface area contributed by atoms with E-state index < -0.39 is 18.5 Å². The lowest BCUT2D eigenvalue weighted by atomic mass is 9.96. The first-order valence-electron chi connectivity index (χ1n) is 11.5. The number of benzene rings is 3. The predicted molar refractivity (Wildman–Crippen MR) is 127 cm³/mol. The number of thioether (sulfide) groups is 1. The van der Waals surface area contributed by atoms with Crippen LogP contribution in [0.2, 0.25) is 0 Å². The average molecular weight is 476 g/mol. The van der Waals surface area contributed by atoms with Crippen molar-refractivity contribution >= 4 is 17.9 Å². The highest BCUT2D eigenvalue weighted by Gasteiger charge is 2.58. The molecule has 3 aromatic carbocycles. The van der Waals surface area contributed by atoms with Gasteiger partial charge in [-0.05, 0) is 17.7 Å². The summed E-state index contributed by atoms with van der Waals surface area (Å²) in [6.45, 7) is 0.821. The zero-order chi connectivity index (χ0) is 22.9. The standard InChI is InChI=1S/C27H25NO5S/c29-27-28(16-18-10-4-1-5-11-18)22-24(33-27)23-21(31-26(22)34-20-14-8-3-9-15-20)17-30-25(32-23)19-12-6-2-7-13-19/h1-15,21-26H,16-17H2. The Bertz CT molecular complexity index is 1120. The summed E-state index contributed by atoms with van der Waals surface area (Å²) in [5.41, 5.74) is 1.66. The Hall–Kier alpha value is -2.84. The van der Waals surface area contributed by atoms with Crippen molar-refractivity contribution < 1.29 is 23.7 Å². The van der Waals surface area contributed by atoms with Crippen LogP contribution in [-0.4, -0.2) is 47.4 Å². The number of amides is 1. The summed E-state index contributed by atoms with van der Waals surface area (Å²) in [7, 11) is 0. The van der Waals surface area contributed by atoms with E-state index in [1.165, 1.54) is 0 Å². The molecule has 0 spiro atoms. The molecule has 6 nitrogen and oxygen atoms in total. The second-order valence-corrected chi connectivity index (χ2v) is 9.77. The number of hydrogen-bond donors (Lipinski definition) is 0. The van der Waals surface area contributed by atoms with Gasteiger partial charge in [-0.15, -0.1) is 0 Å². The molecule has 0 aromatic heterocycles. The van der Waals surface area contributed by atoms with Crippen LogP contribution in [0.5, 0.6) is 0 Å². The number of rotatable bonds is 5. The first-order chi connectivity index (χ1) is 16.8. The molecule has 3 aliphatic rings. The van der Waals surface area contributed by atoms with Gasteiger partial charge in [0.25, 0.3) is 0 Å². The van der Waals surface area contributed by atoms with E-state index in [9.17, 15) is 4.79 Å². The summed E-state index contributed by atoms with van der Waals surface area (Å²) in [5, 5.41) is 0. The lowest BCUT2D eigenvalue weighted by Crippen LogP contribution is -2.62. The van der Waals surface area contributed by atoms with Crippen molar-refractivity contribution in [2.45, 2.75) is 47.5 Å². The van der Waals surface area contributed by atoms with Gasteiger partial charge in [-0.25, -0.2) is 4.79 Å². The van der Waals surface area contributed by atoms with Gasteiger partial charge in [0.05, 0.1) is 6.61 Å². The molecular formula is C27H25NO5S. The zero-order valence-corrected chi connectivity index (χ0v) is 19.3. The Morgan fingerprint density at radius 3 is 2.24 bits per heavy atom. The van der Waals surface area contributed by atoms with Crippen LogP contribution in [-0.2, 0) is 25.5 Å². The van der Waals surface area contributed by atoms with Crippen molar-refractivity contribution in [3.63, 3.8) is 0 Å². The van der Waals surface area contributed by atoms with Crippen LogP contribution in [0.1, 0.15) is 17.4 Å². The van der Waals surface area contributed by atoms with Crippen LogP contribution in [0.15, 0.2) is 95.9 Å². The van der Waals surface area contributed by atoms with E-state index >= 15 is 0 Å². The van der Waals surface area contributed by atoms with Crippen molar-refractivity contribution in [2.24, 2.45) is 0 Å². The Balaban J connectivity index is 1.30. The van der Waals surface area contributed by atoms with Crippen molar-refractivity contribution in [1.82, 2.24) is 4.90 Å². The zero-order valence-electron chi connectivity index (χ0n) is 18.4. The topological polar surface area (TPSA) is 57.2 Å². The van der Waals surface area contributed by atoms with Gasteiger partial charge in [0.1, 0.15) is 23.7 Å². The number of hydrogen-bond acceptors (Lipinski definition) is 6. The van der Waals surface area contributed by atoms with E-state index in [1.807, 2.05) is 91.0 Å². The number of carbonyl (C=O) groups excluding carboxylic acids is 1. The number of nitrogens with zero attached hydrogens (tertiary/aromatic N) is 1. The second-order valence-electron chi connectivity index (χ2n) is 8.60.